The first-order valence-corrected chi connectivity index (χ1v) is 10.3. The summed E-state index contributed by atoms with van der Waals surface area (Å²) in [5, 5.41) is 9.45. The Kier molecular flexibility index (Phi) is 4.25. The highest BCUT2D eigenvalue weighted by Crippen LogP contribution is 2.52. The first kappa shape index (κ1) is 17.8. The van der Waals surface area contributed by atoms with Gasteiger partial charge in [0.1, 0.15) is 6.04 Å². The second-order valence-corrected chi connectivity index (χ2v) is 8.64. The number of nitrogens with zero attached hydrogens (tertiary/aromatic N) is 1. The van der Waals surface area contributed by atoms with Crippen molar-refractivity contribution >= 4 is 17.7 Å². The van der Waals surface area contributed by atoms with Crippen molar-refractivity contribution in [2.75, 3.05) is 13.1 Å². The number of imide groups is 1. The van der Waals surface area contributed by atoms with Crippen LogP contribution in [0.25, 0.3) is 0 Å². The third-order valence-corrected chi connectivity index (χ3v) is 6.93. The molecule has 0 radical (unpaired) electrons. The molecule has 1 saturated carbocycles. The van der Waals surface area contributed by atoms with Crippen LogP contribution < -0.4 is 16.0 Å². The molecule has 28 heavy (non-hydrogen) atoms. The fraction of sp³-hybridized carbons (Fsp3) is 0.571. The van der Waals surface area contributed by atoms with E-state index in [9.17, 15) is 14.4 Å². The monoisotopic (exact) mass is 382 g/mol. The van der Waals surface area contributed by atoms with Crippen molar-refractivity contribution in [1.82, 2.24) is 20.9 Å². The first-order valence-electron chi connectivity index (χ1n) is 10.3. The Morgan fingerprint density at radius 3 is 2.79 bits per heavy atom. The molecule has 1 spiro atoms. The van der Waals surface area contributed by atoms with Gasteiger partial charge >= 0.3 is 0 Å². The molecule has 2 saturated heterocycles. The lowest BCUT2D eigenvalue weighted by Gasteiger charge is -2.29. The van der Waals surface area contributed by atoms with Crippen LogP contribution in [0.1, 0.15) is 53.6 Å². The van der Waals surface area contributed by atoms with Crippen molar-refractivity contribution in [3.63, 3.8) is 0 Å². The highest BCUT2D eigenvalue weighted by molar-refractivity contribution is 6.05. The molecule has 3 heterocycles. The molecule has 3 aliphatic heterocycles. The fourth-order valence-corrected chi connectivity index (χ4v) is 5.07. The molecule has 7 heteroatoms. The third kappa shape index (κ3) is 3.02. The summed E-state index contributed by atoms with van der Waals surface area (Å²) in [6, 6.07) is 6.07. The predicted octanol–water partition coefficient (Wildman–Crippen LogP) is 0.679. The predicted molar refractivity (Wildman–Crippen MR) is 102 cm³/mol. The summed E-state index contributed by atoms with van der Waals surface area (Å²) >= 11 is 0. The number of carbonyl (C=O) groups excluding carboxylic acids is 3. The summed E-state index contributed by atoms with van der Waals surface area (Å²) in [5.74, 6) is -0.724. The van der Waals surface area contributed by atoms with Gasteiger partial charge in [-0.1, -0.05) is 12.1 Å². The molecule has 3 amide bonds. The van der Waals surface area contributed by atoms with Crippen LogP contribution in [0.5, 0.6) is 0 Å². The fourth-order valence-electron chi connectivity index (χ4n) is 5.07. The molecule has 0 aromatic heterocycles. The molecule has 7 nitrogen and oxygen atoms in total. The highest BCUT2D eigenvalue weighted by Gasteiger charge is 2.53. The number of amides is 3. The zero-order chi connectivity index (χ0) is 19.3. The maximum absolute atomic E-state index is 12.9. The topological polar surface area (TPSA) is 90.5 Å². The van der Waals surface area contributed by atoms with E-state index in [4.69, 9.17) is 0 Å². The van der Waals surface area contributed by atoms with Crippen LogP contribution in [0.15, 0.2) is 18.2 Å². The van der Waals surface area contributed by atoms with Crippen LogP contribution in [0.4, 0.5) is 0 Å². The van der Waals surface area contributed by atoms with Crippen molar-refractivity contribution in [3.8, 4) is 0 Å². The maximum atomic E-state index is 12.9. The number of piperidine rings is 2. The molecule has 148 valence electrons. The van der Waals surface area contributed by atoms with E-state index in [1.807, 2.05) is 12.1 Å². The Morgan fingerprint density at radius 2 is 2.00 bits per heavy atom. The lowest BCUT2D eigenvalue weighted by atomic mass is 9.94. The van der Waals surface area contributed by atoms with Crippen molar-refractivity contribution in [1.29, 1.82) is 0 Å². The van der Waals surface area contributed by atoms with Crippen molar-refractivity contribution in [3.05, 3.63) is 34.9 Å². The lowest BCUT2D eigenvalue weighted by molar-refractivity contribution is -0.136. The van der Waals surface area contributed by atoms with Crippen LogP contribution in [-0.2, 0) is 22.7 Å². The minimum atomic E-state index is -0.551. The summed E-state index contributed by atoms with van der Waals surface area (Å²) in [7, 11) is 0. The average molecular weight is 382 g/mol. The Labute approximate surface area is 164 Å². The van der Waals surface area contributed by atoms with Crippen LogP contribution in [-0.4, -0.2) is 47.8 Å². The Hall–Kier alpha value is -2.25. The number of rotatable bonds is 4. The summed E-state index contributed by atoms with van der Waals surface area (Å²) in [6.45, 7) is 3.43. The molecule has 3 fully saturated rings. The zero-order valence-corrected chi connectivity index (χ0v) is 15.9. The van der Waals surface area contributed by atoms with Gasteiger partial charge in [-0.3, -0.25) is 19.7 Å². The Bertz CT molecular complexity index is 846. The van der Waals surface area contributed by atoms with Crippen LogP contribution in [0.2, 0.25) is 0 Å². The number of carbonyl (C=O) groups is 3. The highest BCUT2D eigenvalue weighted by atomic mass is 16.2. The zero-order valence-electron chi connectivity index (χ0n) is 15.9. The molecule has 1 aromatic carbocycles. The Balaban J connectivity index is 1.24. The largest absolute Gasteiger partial charge is 0.322 e. The summed E-state index contributed by atoms with van der Waals surface area (Å²) < 4.78 is 0. The molecule has 2 unspecified atom stereocenters. The van der Waals surface area contributed by atoms with Gasteiger partial charge in [0.05, 0.1) is 0 Å². The van der Waals surface area contributed by atoms with Crippen LogP contribution in [0, 0.1) is 5.41 Å². The third-order valence-electron chi connectivity index (χ3n) is 6.93. The van der Waals surface area contributed by atoms with Crippen molar-refractivity contribution in [2.45, 2.75) is 57.3 Å². The number of hydrogen-bond acceptors (Lipinski definition) is 5. The maximum Gasteiger partial charge on any atom is 0.255 e. The van der Waals surface area contributed by atoms with Gasteiger partial charge in [-0.2, -0.15) is 0 Å². The minimum Gasteiger partial charge on any atom is -0.322 e. The number of fused-ring (bicyclic) bond motifs is 1. The molecule has 1 aliphatic carbocycles. The van der Waals surface area contributed by atoms with Gasteiger partial charge in [-0.15, -0.1) is 0 Å². The molecule has 5 rings (SSSR count). The van der Waals surface area contributed by atoms with E-state index in [0.29, 0.717) is 30.0 Å². The molecule has 1 aromatic rings. The number of benzene rings is 1. The molecule has 4 aliphatic rings. The van der Waals surface area contributed by atoms with Gasteiger partial charge in [0.2, 0.25) is 11.8 Å². The van der Waals surface area contributed by atoms with Gasteiger partial charge in [0.15, 0.2) is 0 Å². The van der Waals surface area contributed by atoms with Gasteiger partial charge in [0, 0.05) is 31.1 Å². The van der Waals surface area contributed by atoms with E-state index in [2.05, 4.69) is 22.0 Å². The molecular formula is C21H26N4O3. The van der Waals surface area contributed by atoms with Gasteiger partial charge in [0.25, 0.3) is 5.91 Å². The summed E-state index contributed by atoms with van der Waals surface area (Å²) in [6.07, 6.45) is 4.42. The second-order valence-electron chi connectivity index (χ2n) is 8.64. The molecule has 3 N–H and O–H groups in total. The first-order chi connectivity index (χ1) is 13.6. The normalized spacial score (nSPS) is 28.4. The van der Waals surface area contributed by atoms with E-state index >= 15 is 0 Å². The van der Waals surface area contributed by atoms with Crippen molar-refractivity contribution < 1.29 is 14.4 Å². The van der Waals surface area contributed by atoms with E-state index in [0.717, 1.165) is 30.8 Å². The van der Waals surface area contributed by atoms with Gasteiger partial charge in [-0.25, -0.2) is 0 Å². The van der Waals surface area contributed by atoms with E-state index in [-0.39, 0.29) is 24.1 Å². The summed E-state index contributed by atoms with van der Waals surface area (Å²) in [5.41, 5.74) is 3.24. The molecule has 2 atom stereocenters. The standard InChI is InChI=1S/C21H26N4O3/c26-18-4-3-16(19(27)24-18)25-12-14-2-1-13(9-15(14)20(25)28)11-23-17-10-21(17)5-7-22-8-6-21/h1-2,9,16-17,22-23H,3-8,10-12H2,(H,24,26,27). The minimum absolute atomic E-state index is 0.104. The number of nitrogens with one attached hydrogen (secondary N) is 3. The molecular weight excluding hydrogens is 356 g/mol. The number of hydrogen-bond donors (Lipinski definition) is 3. The van der Waals surface area contributed by atoms with Gasteiger partial charge in [-0.05, 0) is 61.4 Å². The summed E-state index contributed by atoms with van der Waals surface area (Å²) in [4.78, 5) is 38.0. The second kappa shape index (κ2) is 6.67. The Morgan fingerprint density at radius 1 is 1.18 bits per heavy atom. The van der Waals surface area contributed by atoms with Crippen LogP contribution >= 0.6 is 0 Å². The van der Waals surface area contributed by atoms with Crippen LogP contribution in [0.3, 0.4) is 0 Å². The smallest absolute Gasteiger partial charge is 0.255 e. The average Bonchev–Trinajstić information content (AvgIpc) is 3.25. The quantitative estimate of drug-likeness (QED) is 0.667. The van der Waals surface area contributed by atoms with Gasteiger partial charge < -0.3 is 15.5 Å². The lowest BCUT2D eigenvalue weighted by Crippen LogP contribution is -2.52. The van der Waals surface area contributed by atoms with Crippen molar-refractivity contribution in [2.24, 2.45) is 5.41 Å². The van der Waals surface area contributed by atoms with E-state index in [1.54, 1.807) is 4.90 Å². The molecule has 0 bridgehead atoms. The SMILES string of the molecule is O=C1CCC(N2Cc3ccc(CNC4CC45CCNCC5)cc3C2=O)C(=O)N1. The van der Waals surface area contributed by atoms with E-state index < -0.39 is 6.04 Å². The van der Waals surface area contributed by atoms with E-state index in [1.165, 1.54) is 19.3 Å².